The topological polar surface area (TPSA) is 103 Å². The van der Waals surface area contributed by atoms with E-state index >= 15 is 9.18 Å². The summed E-state index contributed by atoms with van der Waals surface area (Å²) in [6, 6.07) is 31.0. The van der Waals surface area contributed by atoms with Crippen LogP contribution < -0.4 is 15.0 Å². The van der Waals surface area contributed by atoms with Crippen molar-refractivity contribution < 1.29 is 23.5 Å². The summed E-state index contributed by atoms with van der Waals surface area (Å²) in [4.78, 5) is 56.9. The Balaban J connectivity index is 1.04. The summed E-state index contributed by atoms with van der Waals surface area (Å²) >= 11 is 0. The predicted molar refractivity (Wildman–Crippen MR) is 251 cm³/mol. The van der Waals surface area contributed by atoms with Gasteiger partial charge in [0.25, 0.3) is 11.8 Å². The first-order chi connectivity index (χ1) is 31.4. The summed E-state index contributed by atoms with van der Waals surface area (Å²) in [5.74, 6) is -1.35. The number of carbonyl (C=O) groups excluding carboxylic acids is 3. The lowest BCUT2D eigenvalue weighted by Crippen LogP contribution is -2.71. The Kier molecular flexibility index (Phi) is 10.8. The van der Waals surface area contributed by atoms with Gasteiger partial charge in [0.2, 0.25) is 11.8 Å². The quantitative estimate of drug-likeness (QED) is 0.158. The van der Waals surface area contributed by atoms with Crippen LogP contribution in [0.3, 0.4) is 0 Å². The van der Waals surface area contributed by atoms with Crippen LogP contribution in [0.4, 0.5) is 15.8 Å². The number of benzene rings is 4. The van der Waals surface area contributed by atoms with E-state index in [0.717, 1.165) is 54.1 Å². The van der Waals surface area contributed by atoms with Gasteiger partial charge >= 0.3 is 0 Å². The monoisotopic (exact) mass is 871 g/mol. The lowest BCUT2D eigenvalue weighted by Gasteiger charge is -2.60. The van der Waals surface area contributed by atoms with Gasteiger partial charge < -0.3 is 34.2 Å². The smallest absolute Gasteiger partial charge is 0.258 e. The van der Waals surface area contributed by atoms with Crippen LogP contribution in [0.1, 0.15) is 61.2 Å². The van der Waals surface area contributed by atoms with Crippen LogP contribution in [0, 0.1) is 18.2 Å². The average Bonchev–Trinajstić information content (AvgIpc) is 3.55. The molecule has 6 aromatic rings. The highest BCUT2D eigenvalue weighted by molar-refractivity contribution is 6.13. The third-order valence-corrected chi connectivity index (χ3v) is 14.1. The predicted octanol–water partition coefficient (Wildman–Crippen LogP) is 7.93. The highest BCUT2D eigenvalue weighted by atomic mass is 19.1. The number of pyridine rings is 1. The Hall–Kier alpha value is -6.79. The van der Waals surface area contributed by atoms with Gasteiger partial charge in [-0.25, -0.2) is 9.37 Å². The molecule has 4 aliphatic heterocycles. The van der Waals surface area contributed by atoms with Crippen molar-refractivity contribution >= 4 is 29.1 Å². The van der Waals surface area contributed by atoms with E-state index in [0.29, 0.717) is 82.8 Å². The Labute approximate surface area is 379 Å². The number of anilines is 2. The number of methoxy groups -OCH3 is 1. The first-order valence-electron chi connectivity index (χ1n) is 22.5. The summed E-state index contributed by atoms with van der Waals surface area (Å²) in [7, 11) is 5.40. The Bertz CT molecular complexity index is 2860. The highest BCUT2D eigenvalue weighted by Crippen LogP contribution is 2.44. The summed E-state index contributed by atoms with van der Waals surface area (Å²) < 4.78 is 22.8. The molecule has 0 aliphatic carbocycles. The first kappa shape index (κ1) is 42.2. The number of carbonyl (C=O) groups is 3. The van der Waals surface area contributed by atoms with E-state index in [1.807, 2.05) is 89.0 Å². The molecule has 10 rings (SSSR count). The van der Waals surface area contributed by atoms with Gasteiger partial charge in [0.1, 0.15) is 0 Å². The summed E-state index contributed by atoms with van der Waals surface area (Å²) in [6.45, 7) is 9.59. The lowest BCUT2D eigenvalue weighted by atomic mass is 9.73. The molecule has 0 unspecified atom stereocenters. The molecule has 1 atom stereocenters. The van der Waals surface area contributed by atoms with Gasteiger partial charge in [-0.3, -0.25) is 14.4 Å². The molecule has 65 heavy (non-hydrogen) atoms. The number of para-hydroxylation sites is 1. The van der Waals surface area contributed by atoms with Gasteiger partial charge in [0, 0.05) is 110 Å². The molecule has 0 radical (unpaired) electrons. The molecule has 0 bridgehead atoms. The van der Waals surface area contributed by atoms with Gasteiger partial charge in [-0.2, -0.15) is 0 Å². The summed E-state index contributed by atoms with van der Waals surface area (Å²) in [6.07, 6.45) is 3.07. The Morgan fingerprint density at radius 1 is 0.862 bits per heavy atom. The second kappa shape index (κ2) is 16.6. The maximum atomic E-state index is 15.7. The van der Waals surface area contributed by atoms with Gasteiger partial charge in [0.15, 0.2) is 5.82 Å². The minimum Gasteiger partial charge on any atom is -0.479 e. The lowest BCUT2D eigenvalue weighted by molar-refractivity contribution is -0.131. The number of hydrogen-bond donors (Lipinski definition) is 1. The van der Waals surface area contributed by atoms with Crippen LogP contribution in [0.2, 0.25) is 0 Å². The SMILES string of the molecule is COc1ncc(-c2c(C(=O)Nc3ccccc3)c(C)n(C)c2-c2cc3c(cc2C(=O)N2Cc4ccccc4C[C@H]2C)CN(C(=O)Cc2cccc(N4CC5(CN(C)C5)C4)c2)CC3)cc1F. The molecular weight excluding hydrogens is 818 g/mol. The van der Waals surface area contributed by atoms with Crippen molar-refractivity contribution in [1.82, 2.24) is 24.3 Å². The van der Waals surface area contributed by atoms with E-state index in [9.17, 15) is 9.59 Å². The largest absolute Gasteiger partial charge is 0.479 e. The number of fused-ring (bicyclic) bond motifs is 2. The third-order valence-electron chi connectivity index (χ3n) is 14.1. The fraction of sp³-hybridized carbons (Fsp3) is 0.321. The molecule has 1 N–H and O–H groups in total. The van der Waals surface area contributed by atoms with Crippen LogP contribution in [-0.2, 0) is 44.2 Å². The number of ether oxygens (including phenoxy) is 1. The molecule has 11 nitrogen and oxygen atoms in total. The summed E-state index contributed by atoms with van der Waals surface area (Å²) in [5, 5.41) is 3.04. The van der Waals surface area contributed by atoms with E-state index in [1.165, 1.54) is 24.9 Å². The number of nitrogens with zero attached hydrogens (tertiary/aromatic N) is 6. The zero-order valence-corrected chi connectivity index (χ0v) is 37.7. The second-order valence-electron chi connectivity index (χ2n) is 18.6. The molecule has 2 saturated heterocycles. The van der Waals surface area contributed by atoms with Crippen LogP contribution in [-0.4, -0.2) is 94.9 Å². The van der Waals surface area contributed by atoms with Crippen molar-refractivity contribution in [2.75, 3.05) is 57.1 Å². The number of aromatic nitrogens is 2. The number of nitrogens with one attached hydrogen (secondary N) is 1. The molecule has 332 valence electrons. The molecule has 1 spiro atoms. The van der Waals surface area contributed by atoms with Crippen LogP contribution in [0.25, 0.3) is 22.4 Å². The fourth-order valence-electron chi connectivity index (χ4n) is 10.8. The number of amides is 3. The van der Waals surface area contributed by atoms with Crippen LogP contribution in [0.15, 0.2) is 103 Å². The van der Waals surface area contributed by atoms with Crippen molar-refractivity contribution in [3.63, 3.8) is 0 Å². The number of rotatable bonds is 9. The standard InChI is InChI=1S/C53H54FN7O4/c1-33-20-36-13-9-10-14-38(36)28-61(33)52(64)44-24-40-27-59(46(62)22-35-12-11-17-42(21-35)60-31-53(32-60)29-57(3)30-53)19-18-37(40)23-43(44)49-48(39-25-45(54)51(65-5)55-26-39)47(34(2)58(49)4)50(63)56-41-15-7-6-8-16-41/h6-17,21,23-26,33H,18-20,22,27-32H2,1-5H3,(H,56,63)/t33-/m1/s1. The maximum absolute atomic E-state index is 15.7. The normalized spacial score (nSPS) is 17.5. The van der Waals surface area contributed by atoms with E-state index in [-0.39, 0.29) is 36.1 Å². The number of hydrogen-bond acceptors (Lipinski definition) is 7. The molecule has 3 amide bonds. The fourth-order valence-corrected chi connectivity index (χ4v) is 10.8. The van der Waals surface area contributed by atoms with Crippen molar-refractivity contribution in [3.8, 4) is 28.3 Å². The van der Waals surface area contributed by atoms with Gasteiger partial charge in [0.05, 0.1) is 24.8 Å². The molecule has 6 heterocycles. The number of halogens is 1. The van der Waals surface area contributed by atoms with Crippen molar-refractivity contribution in [3.05, 3.63) is 154 Å². The van der Waals surface area contributed by atoms with Crippen LogP contribution >= 0.6 is 0 Å². The van der Waals surface area contributed by atoms with E-state index in [2.05, 4.69) is 64.4 Å². The van der Waals surface area contributed by atoms with Crippen LogP contribution in [0.5, 0.6) is 5.88 Å². The maximum Gasteiger partial charge on any atom is 0.258 e. The second-order valence-corrected chi connectivity index (χ2v) is 18.6. The van der Waals surface area contributed by atoms with Crippen molar-refractivity contribution in [2.45, 2.75) is 52.2 Å². The minimum absolute atomic E-state index is 0.0372. The highest BCUT2D eigenvalue weighted by Gasteiger charge is 2.50. The molecule has 2 aromatic heterocycles. The van der Waals surface area contributed by atoms with Gasteiger partial charge in [-0.15, -0.1) is 0 Å². The third kappa shape index (κ3) is 7.73. The van der Waals surface area contributed by atoms with E-state index in [4.69, 9.17) is 4.74 Å². The summed E-state index contributed by atoms with van der Waals surface area (Å²) in [5.41, 5.74) is 10.8. The molecular formula is C53H54FN7O4. The Morgan fingerprint density at radius 2 is 1.62 bits per heavy atom. The molecule has 4 aromatic carbocycles. The van der Waals surface area contributed by atoms with E-state index < -0.39 is 5.82 Å². The Morgan fingerprint density at radius 3 is 2.35 bits per heavy atom. The van der Waals surface area contributed by atoms with Crippen molar-refractivity contribution in [1.29, 1.82) is 0 Å². The first-order valence-corrected chi connectivity index (χ1v) is 22.5. The van der Waals surface area contributed by atoms with Crippen molar-refractivity contribution in [2.24, 2.45) is 12.5 Å². The zero-order valence-electron chi connectivity index (χ0n) is 37.7. The number of likely N-dealkylation sites (tertiary alicyclic amines) is 1. The molecule has 12 heteroatoms. The average molecular weight is 872 g/mol. The molecule has 4 aliphatic rings. The van der Waals surface area contributed by atoms with Gasteiger partial charge in [-0.05, 0) is 104 Å². The molecule has 0 saturated carbocycles. The van der Waals surface area contributed by atoms with Gasteiger partial charge in [-0.1, -0.05) is 54.6 Å². The van der Waals surface area contributed by atoms with E-state index in [1.54, 1.807) is 0 Å². The minimum atomic E-state index is -0.679. The zero-order chi connectivity index (χ0) is 45.1. The molecule has 2 fully saturated rings.